The average Bonchev–Trinajstić information content (AvgIpc) is 3.21. The van der Waals surface area contributed by atoms with Crippen LogP contribution in [0.1, 0.15) is 32.7 Å². The molecule has 4 aromatic rings. The van der Waals surface area contributed by atoms with Crippen LogP contribution < -0.4 is 10.6 Å². The van der Waals surface area contributed by atoms with Crippen LogP contribution in [0.25, 0.3) is 10.9 Å². The van der Waals surface area contributed by atoms with Crippen LogP contribution in [0.4, 0.5) is 4.39 Å². The lowest BCUT2D eigenvalue weighted by atomic mass is 10.1. The highest BCUT2D eigenvalue weighted by Gasteiger charge is 2.12. The number of nitrogens with zero attached hydrogens (tertiary/aromatic N) is 2. The first-order valence-corrected chi connectivity index (χ1v) is 10.8. The molecule has 0 aliphatic rings. The van der Waals surface area contributed by atoms with E-state index in [-0.39, 0.29) is 19.0 Å². The molecule has 3 heterocycles. The van der Waals surface area contributed by atoms with Crippen LogP contribution in [0, 0.1) is 5.82 Å². The fourth-order valence-corrected chi connectivity index (χ4v) is 3.63. The average molecular weight is 482 g/mol. The van der Waals surface area contributed by atoms with E-state index in [4.69, 9.17) is 16.7 Å². The number of aromatic nitrogens is 3. The van der Waals surface area contributed by atoms with Gasteiger partial charge in [-0.25, -0.2) is 4.39 Å². The molecule has 3 aromatic heterocycles. The number of amides is 2. The second-order valence-electron chi connectivity index (χ2n) is 7.66. The summed E-state index contributed by atoms with van der Waals surface area (Å²) in [5, 5.41) is 15.2. The summed E-state index contributed by atoms with van der Waals surface area (Å²) >= 11 is 6.10. The second-order valence-corrected chi connectivity index (χ2v) is 8.07. The number of benzene rings is 1. The number of hydrogen-bond donors (Lipinski definition) is 4. The Kier molecular flexibility index (Phi) is 7.15. The second kappa shape index (κ2) is 10.4. The summed E-state index contributed by atoms with van der Waals surface area (Å²) in [5.41, 5.74) is 3.63. The van der Waals surface area contributed by atoms with Gasteiger partial charge >= 0.3 is 0 Å². The van der Waals surface area contributed by atoms with Gasteiger partial charge in [-0.15, -0.1) is 0 Å². The maximum absolute atomic E-state index is 14.4. The first-order chi connectivity index (χ1) is 16.4. The van der Waals surface area contributed by atoms with Crippen LogP contribution in [-0.4, -0.2) is 38.5 Å². The molecule has 0 aliphatic heterocycles. The Morgan fingerprint density at radius 3 is 2.68 bits per heavy atom. The summed E-state index contributed by atoms with van der Waals surface area (Å²) in [6.45, 7) is -0.342. The maximum Gasteiger partial charge on any atom is 0.253 e. The summed E-state index contributed by atoms with van der Waals surface area (Å²) in [7, 11) is 0. The highest BCUT2D eigenvalue weighted by molar-refractivity contribution is 6.35. The smallest absolute Gasteiger partial charge is 0.253 e. The van der Waals surface area contributed by atoms with Gasteiger partial charge in [0, 0.05) is 54.2 Å². The number of H-pyrrole nitrogens is 1. The molecule has 4 N–H and O–H groups in total. The van der Waals surface area contributed by atoms with Gasteiger partial charge in [0.2, 0.25) is 5.91 Å². The minimum Gasteiger partial charge on any atom is -0.387 e. The van der Waals surface area contributed by atoms with Crippen molar-refractivity contribution in [3.63, 3.8) is 0 Å². The molecule has 0 fully saturated rings. The predicted octanol–water partition coefficient (Wildman–Crippen LogP) is 2.88. The predicted molar refractivity (Wildman–Crippen MR) is 125 cm³/mol. The fourth-order valence-electron chi connectivity index (χ4n) is 3.42. The molecule has 2 amide bonds. The number of pyridine rings is 2. The topological polar surface area (TPSA) is 120 Å². The Bertz CT molecular complexity index is 1340. The van der Waals surface area contributed by atoms with E-state index >= 15 is 0 Å². The number of fused-ring (bicyclic) bond motifs is 1. The number of aliphatic hydroxyl groups is 1. The number of hydrogen-bond acceptors (Lipinski definition) is 5. The molecular formula is C24H21ClFN5O3. The van der Waals surface area contributed by atoms with Gasteiger partial charge in [-0.3, -0.25) is 19.6 Å². The quantitative estimate of drug-likeness (QED) is 0.308. The summed E-state index contributed by atoms with van der Waals surface area (Å²) in [5.74, 6) is -1.28. The Morgan fingerprint density at radius 1 is 1.06 bits per heavy atom. The van der Waals surface area contributed by atoms with E-state index in [1.165, 1.54) is 12.3 Å². The Morgan fingerprint density at radius 2 is 1.91 bits per heavy atom. The van der Waals surface area contributed by atoms with Crippen molar-refractivity contribution < 1.29 is 19.1 Å². The van der Waals surface area contributed by atoms with Crippen molar-refractivity contribution in [3.8, 4) is 0 Å². The summed E-state index contributed by atoms with van der Waals surface area (Å²) in [6.07, 6.45) is 6.88. The highest BCUT2D eigenvalue weighted by Crippen LogP contribution is 2.25. The van der Waals surface area contributed by atoms with Gasteiger partial charge in [0.05, 0.1) is 22.8 Å². The number of carbonyl (C=O) groups is 2. The molecule has 4 rings (SSSR count). The van der Waals surface area contributed by atoms with E-state index < -0.39 is 18.3 Å². The zero-order valence-electron chi connectivity index (χ0n) is 17.9. The van der Waals surface area contributed by atoms with Crippen molar-refractivity contribution in [1.29, 1.82) is 0 Å². The van der Waals surface area contributed by atoms with Gasteiger partial charge in [-0.05, 0) is 35.4 Å². The van der Waals surface area contributed by atoms with Gasteiger partial charge in [0.15, 0.2) is 0 Å². The third-order valence-corrected chi connectivity index (χ3v) is 5.51. The van der Waals surface area contributed by atoms with E-state index in [1.54, 1.807) is 36.8 Å². The third-order valence-electron chi connectivity index (χ3n) is 5.20. The molecule has 0 saturated heterocycles. The van der Waals surface area contributed by atoms with Crippen molar-refractivity contribution in [1.82, 2.24) is 25.6 Å². The first kappa shape index (κ1) is 23.3. The molecule has 1 aromatic carbocycles. The molecule has 34 heavy (non-hydrogen) atoms. The molecule has 0 spiro atoms. The van der Waals surface area contributed by atoms with Crippen LogP contribution in [0.3, 0.4) is 0 Å². The first-order valence-electron chi connectivity index (χ1n) is 10.4. The molecule has 0 aliphatic carbocycles. The zero-order valence-corrected chi connectivity index (χ0v) is 18.7. The van der Waals surface area contributed by atoms with Crippen LogP contribution in [-0.2, 0) is 24.3 Å². The number of rotatable bonds is 8. The third kappa shape index (κ3) is 5.56. The lowest BCUT2D eigenvalue weighted by Crippen LogP contribution is -2.25. The normalized spacial score (nSPS) is 10.9. The van der Waals surface area contributed by atoms with Gasteiger partial charge in [-0.1, -0.05) is 17.7 Å². The number of aromatic amines is 1. The van der Waals surface area contributed by atoms with Crippen molar-refractivity contribution in [2.24, 2.45) is 0 Å². The largest absolute Gasteiger partial charge is 0.387 e. The van der Waals surface area contributed by atoms with Gasteiger partial charge in [0.25, 0.3) is 5.91 Å². The lowest BCUT2D eigenvalue weighted by molar-refractivity contribution is -0.124. The Labute approximate surface area is 199 Å². The Balaban J connectivity index is 1.38. The summed E-state index contributed by atoms with van der Waals surface area (Å²) in [6, 6.07) is 8.33. The van der Waals surface area contributed by atoms with Crippen LogP contribution in [0.5, 0.6) is 0 Å². The van der Waals surface area contributed by atoms with Crippen molar-refractivity contribution in [2.45, 2.75) is 19.5 Å². The monoisotopic (exact) mass is 481 g/mol. The number of carbonyl (C=O) groups excluding carboxylic acids is 2. The SMILES string of the molecule is O=C(CO)NCc1ccc(Cc2cncc(C(=O)NCc3cc4c(Cl)c[nH]c4cc3F)c2)cn1. The van der Waals surface area contributed by atoms with E-state index in [0.29, 0.717) is 39.2 Å². The molecule has 0 unspecified atom stereocenters. The molecule has 174 valence electrons. The van der Waals surface area contributed by atoms with E-state index in [1.807, 2.05) is 6.07 Å². The van der Waals surface area contributed by atoms with Gasteiger partial charge < -0.3 is 20.7 Å². The molecule has 0 radical (unpaired) electrons. The molecule has 0 saturated carbocycles. The fraction of sp³-hybridized carbons (Fsp3) is 0.167. The number of nitrogens with one attached hydrogen (secondary N) is 3. The summed E-state index contributed by atoms with van der Waals surface area (Å²) in [4.78, 5) is 35.1. The minimum absolute atomic E-state index is 0.00451. The van der Waals surface area contributed by atoms with Crippen molar-refractivity contribution in [2.75, 3.05) is 6.61 Å². The molecule has 0 bridgehead atoms. The van der Waals surface area contributed by atoms with E-state index in [0.717, 1.165) is 11.1 Å². The minimum atomic E-state index is -0.569. The standard InChI is InChI=1S/C24H21ClFN5O3/c25-20-12-29-22-6-21(26)16(5-19(20)22)10-31-24(34)17-4-15(7-27-9-17)3-14-1-2-18(28-8-14)11-30-23(33)13-32/h1-2,4-9,12,29,32H,3,10-11,13H2,(H,30,33)(H,31,34). The zero-order chi connectivity index (χ0) is 24.1. The Hall–Kier alpha value is -3.82. The molecule has 0 atom stereocenters. The van der Waals surface area contributed by atoms with Crippen LogP contribution in [0.2, 0.25) is 5.02 Å². The molecule has 10 heteroatoms. The lowest BCUT2D eigenvalue weighted by Gasteiger charge is -2.09. The van der Waals surface area contributed by atoms with Crippen LogP contribution >= 0.6 is 11.6 Å². The number of aliphatic hydroxyl groups excluding tert-OH is 1. The summed E-state index contributed by atoms with van der Waals surface area (Å²) < 4.78 is 14.4. The van der Waals surface area contributed by atoms with Crippen molar-refractivity contribution in [3.05, 3.63) is 93.9 Å². The van der Waals surface area contributed by atoms with Gasteiger partial charge in [-0.2, -0.15) is 0 Å². The van der Waals surface area contributed by atoms with Gasteiger partial charge in [0.1, 0.15) is 12.4 Å². The molecule has 8 nitrogen and oxygen atoms in total. The highest BCUT2D eigenvalue weighted by atomic mass is 35.5. The maximum atomic E-state index is 14.4. The number of halogens is 2. The van der Waals surface area contributed by atoms with Crippen LogP contribution in [0.15, 0.2) is 55.1 Å². The molecular weight excluding hydrogens is 461 g/mol. The van der Waals surface area contributed by atoms with E-state index in [2.05, 4.69) is 25.6 Å². The van der Waals surface area contributed by atoms with Crippen molar-refractivity contribution >= 4 is 34.3 Å². The van der Waals surface area contributed by atoms with E-state index in [9.17, 15) is 14.0 Å².